The lowest BCUT2D eigenvalue weighted by Gasteiger charge is -2.21. The number of ether oxygens (including phenoxy) is 1. The Labute approximate surface area is 137 Å². The molecule has 0 aliphatic rings. The highest BCUT2D eigenvalue weighted by atomic mass is 16.5. The van der Waals surface area contributed by atoms with Crippen LogP contribution in [0.15, 0.2) is 16.9 Å². The van der Waals surface area contributed by atoms with Crippen LogP contribution in [0.5, 0.6) is 0 Å². The third-order valence-corrected chi connectivity index (χ3v) is 3.45. The van der Waals surface area contributed by atoms with Gasteiger partial charge in [0.1, 0.15) is 6.26 Å². The average molecular weight is 325 g/mol. The fourth-order valence-electron chi connectivity index (χ4n) is 2.16. The summed E-state index contributed by atoms with van der Waals surface area (Å²) in [5.74, 6) is 0.0249. The number of methoxy groups -OCH3 is 1. The maximum Gasteiger partial charge on any atom is 0.245 e. The minimum absolute atomic E-state index is 0.00991. The molecule has 0 aliphatic heterocycles. The predicted octanol–water partition coefficient (Wildman–Crippen LogP) is 2.45. The zero-order chi connectivity index (χ0) is 16.9. The zero-order valence-electron chi connectivity index (χ0n) is 14.0. The van der Waals surface area contributed by atoms with E-state index in [0.29, 0.717) is 25.4 Å². The van der Waals surface area contributed by atoms with Gasteiger partial charge >= 0.3 is 0 Å². The summed E-state index contributed by atoms with van der Waals surface area (Å²) >= 11 is 0. The van der Waals surface area contributed by atoms with Gasteiger partial charge in [-0.2, -0.15) is 0 Å². The minimum Gasteiger partial charge on any atom is -0.383 e. The molecule has 1 aromatic rings. The molecule has 7 nitrogen and oxygen atoms in total. The molecule has 1 heterocycles. The Morgan fingerprint density at radius 2 is 2.09 bits per heavy atom. The number of hydrogen-bond acceptors (Lipinski definition) is 5. The normalized spacial score (nSPS) is 10.5. The maximum atomic E-state index is 12.3. The van der Waals surface area contributed by atoms with Crippen LogP contribution in [0, 0.1) is 0 Å². The van der Waals surface area contributed by atoms with Crippen LogP contribution in [-0.4, -0.2) is 48.7 Å². The van der Waals surface area contributed by atoms with E-state index in [0.717, 1.165) is 19.3 Å². The Morgan fingerprint density at radius 3 is 2.74 bits per heavy atom. The van der Waals surface area contributed by atoms with Crippen molar-refractivity contribution in [3.8, 4) is 0 Å². The maximum absolute atomic E-state index is 12.3. The number of carbonyl (C=O) groups excluding carboxylic acids is 2. The Bertz CT molecular complexity index is 448. The van der Waals surface area contributed by atoms with Crippen LogP contribution in [0.3, 0.4) is 0 Å². The van der Waals surface area contributed by atoms with Crippen molar-refractivity contribution in [3.05, 3.63) is 12.3 Å². The Morgan fingerprint density at radius 1 is 1.30 bits per heavy atom. The van der Waals surface area contributed by atoms with Gasteiger partial charge in [-0.3, -0.25) is 9.59 Å². The summed E-state index contributed by atoms with van der Waals surface area (Å²) in [7, 11) is 1.57. The summed E-state index contributed by atoms with van der Waals surface area (Å²) < 4.78 is 9.67. The van der Waals surface area contributed by atoms with Crippen molar-refractivity contribution in [1.82, 2.24) is 10.1 Å². The van der Waals surface area contributed by atoms with Gasteiger partial charge in [-0.15, -0.1) is 0 Å². The second kappa shape index (κ2) is 11.6. The van der Waals surface area contributed by atoms with Crippen molar-refractivity contribution in [1.29, 1.82) is 0 Å². The van der Waals surface area contributed by atoms with Crippen LogP contribution in [0.1, 0.15) is 45.4 Å². The van der Waals surface area contributed by atoms with Gasteiger partial charge in [0.2, 0.25) is 11.8 Å². The molecule has 0 saturated heterocycles. The van der Waals surface area contributed by atoms with E-state index in [2.05, 4.69) is 21.9 Å². The SMILES string of the molecule is CCCCCCCC(=O)N(CCOC)CC(=O)Nc1ccon1. The van der Waals surface area contributed by atoms with Gasteiger partial charge in [0.05, 0.1) is 13.2 Å². The van der Waals surface area contributed by atoms with Gasteiger partial charge < -0.3 is 19.5 Å². The van der Waals surface area contributed by atoms with Gasteiger partial charge in [0, 0.05) is 26.1 Å². The molecule has 1 N–H and O–H groups in total. The number of nitrogens with one attached hydrogen (secondary N) is 1. The van der Waals surface area contributed by atoms with Crippen LogP contribution in [0.2, 0.25) is 0 Å². The lowest BCUT2D eigenvalue weighted by atomic mass is 10.1. The van der Waals surface area contributed by atoms with Crippen LogP contribution >= 0.6 is 0 Å². The number of unbranched alkanes of at least 4 members (excludes halogenated alkanes) is 4. The monoisotopic (exact) mass is 325 g/mol. The van der Waals surface area contributed by atoms with Gasteiger partial charge in [-0.1, -0.05) is 37.8 Å². The van der Waals surface area contributed by atoms with E-state index in [1.165, 1.54) is 24.0 Å². The third-order valence-electron chi connectivity index (χ3n) is 3.45. The van der Waals surface area contributed by atoms with Crippen LogP contribution in [0.4, 0.5) is 5.82 Å². The van der Waals surface area contributed by atoms with Crippen molar-refractivity contribution in [2.24, 2.45) is 0 Å². The van der Waals surface area contributed by atoms with E-state index in [4.69, 9.17) is 4.74 Å². The topological polar surface area (TPSA) is 84.7 Å². The average Bonchev–Trinajstić information content (AvgIpc) is 3.03. The van der Waals surface area contributed by atoms with Crippen molar-refractivity contribution in [2.45, 2.75) is 45.4 Å². The Balaban J connectivity index is 2.40. The number of aromatic nitrogens is 1. The lowest BCUT2D eigenvalue weighted by Crippen LogP contribution is -2.39. The van der Waals surface area contributed by atoms with E-state index in [1.54, 1.807) is 13.2 Å². The standard InChI is InChI=1S/C16H27N3O4/c1-3-4-5-6-7-8-16(21)19(10-12-22-2)13-15(20)17-14-9-11-23-18-14/h9,11H,3-8,10,12-13H2,1-2H3,(H,17,18,20). The van der Waals surface area contributed by atoms with E-state index in [-0.39, 0.29) is 18.4 Å². The summed E-state index contributed by atoms with van der Waals surface area (Å²) in [6, 6.07) is 1.55. The van der Waals surface area contributed by atoms with Gasteiger partial charge in [-0.25, -0.2) is 0 Å². The number of anilines is 1. The molecule has 0 aliphatic carbocycles. The molecule has 130 valence electrons. The number of carbonyl (C=O) groups is 2. The molecule has 0 spiro atoms. The van der Waals surface area contributed by atoms with Crippen molar-refractivity contribution >= 4 is 17.6 Å². The van der Waals surface area contributed by atoms with E-state index < -0.39 is 0 Å². The van der Waals surface area contributed by atoms with E-state index >= 15 is 0 Å². The van der Waals surface area contributed by atoms with Crippen LogP contribution in [0.25, 0.3) is 0 Å². The molecule has 0 bridgehead atoms. The molecule has 0 atom stereocenters. The highest BCUT2D eigenvalue weighted by Crippen LogP contribution is 2.08. The minimum atomic E-state index is -0.297. The molecule has 23 heavy (non-hydrogen) atoms. The zero-order valence-corrected chi connectivity index (χ0v) is 14.0. The molecule has 0 unspecified atom stereocenters. The smallest absolute Gasteiger partial charge is 0.245 e. The fourth-order valence-corrected chi connectivity index (χ4v) is 2.16. The second-order valence-corrected chi connectivity index (χ2v) is 5.41. The quantitative estimate of drug-likeness (QED) is 0.597. The van der Waals surface area contributed by atoms with Crippen molar-refractivity contribution in [3.63, 3.8) is 0 Å². The summed E-state index contributed by atoms with van der Waals surface area (Å²) in [6.45, 7) is 2.95. The van der Waals surface area contributed by atoms with Gasteiger partial charge in [0.25, 0.3) is 0 Å². The molecular weight excluding hydrogens is 298 g/mol. The summed E-state index contributed by atoms with van der Waals surface area (Å²) in [5.41, 5.74) is 0. The summed E-state index contributed by atoms with van der Waals surface area (Å²) in [5, 5.41) is 6.20. The number of amides is 2. The number of nitrogens with zero attached hydrogens (tertiary/aromatic N) is 2. The molecule has 1 rings (SSSR count). The fraction of sp³-hybridized carbons (Fsp3) is 0.688. The number of hydrogen-bond donors (Lipinski definition) is 1. The first kappa shape index (κ1) is 19.2. The van der Waals surface area contributed by atoms with Crippen LogP contribution in [-0.2, 0) is 14.3 Å². The highest BCUT2D eigenvalue weighted by Gasteiger charge is 2.17. The highest BCUT2D eigenvalue weighted by molar-refractivity contribution is 5.93. The first-order chi connectivity index (χ1) is 11.2. The molecule has 0 radical (unpaired) electrons. The van der Waals surface area contributed by atoms with Crippen molar-refractivity contribution in [2.75, 3.05) is 32.1 Å². The molecule has 7 heteroatoms. The van der Waals surface area contributed by atoms with Gasteiger partial charge in [-0.05, 0) is 6.42 Å². The lowest BCUT2D eigenvalue weighted by molar-refractivity contribution is -0.135. The molecule has 2 amide bonds. The van der Waals surface area contributed by atoms with Gasteiger partial charge in [0.15, 0.2) is 5.82 Å². The molecule has 0 fully saturated rings. The van der Waals surface area contributed by atoms with Crippen molar-refractivity contribution < 1.29 is 18.8 Å². The Hall–Kier alpha value is -1.89. The van der Waals surface area contributed by atoms with E-state index in [9.17, 15) is 9.59 Å². The second-order valence-electron chi connectivity index (χ2n) is 5.41. The predicted molar refractivity (Wildman–Crippen MR) is 87.0 cm³/mol. The Kier molecular flexibility index (Phi) is 9.70. The third kappa shape index (κ3) is 8.35. The molecule has 0 saturated carbocycles. The first-order valence-corrected chi connectivity index (χ1v) is 8.14. The molecule has 1 aromatic heterocycles. The first-order valence-electron chi connectivity index (χ1n) is 8.14. The molecule has 0 aromatic carbocycles. The summed E-state index contributed by atoms with van der Waals surface area (Å²) in [4.78, 5) is 25.8. The largest absolute Gasteiger partial charge is 0.383 e. The number of rotatable bonds is 12. The van der Waals surface area contributed by atoms with E-state index in [1.807, 2.05) is 0 Å². The molecular formula is C16H27N3O4. The van der Waals surface area contributed by atoms with Crippen LogP contribution < -0.4 is 5.32 Å². The summed E-state index contributed by atoms with van der Waals surface area (Å²) in [6.07, 6.45) is 7.26.